The van der Waals surface area contributed by atoms with E-state index in [9.17, 15) is 9.18 Å². The number of carbonyl (C=O) groups excluding carboxylic acids is 1. The van der Waals surface area contributed by atoms with Gasteiger partial charge in [-0.2, -0.15) is 11.8 Å². The molecule has 1 N–H and O–H groups in total. The van der Waals surface area contributed by atoms with Crippen molar-refractivity contribution in [1.82, 2.24) is 5.32 Å². The molecule has 0 aliphatic rings. The van der Waals surface area contributed by atoms with E-state index in [-0.39, 0.29) is 11.5 Å². The number of hydrogen-bond acceptors (Lipinski definition) is 2. The van der Waals surface area contributed by atoms with Crippen LogP contribution in [0.3, 0.4) is 0 Å². The number of carbonyl (C=O) groups is 1. The van der Waals surface area contributed by atoms with Gasteiger partial charge in [-0.05, 0) is 30.9 Å². The van der Waals surface area contributed by atoms with Gasteiger partial charge in [0.1, 0.15) is 5.82 Å². The minimum atomic E-state index is -0.461. The van der Waals surface area contributed by atoms with E-state index in [4.69, 9.17) is 0 Å². The fraction of sp³-hybridized carbons (Fsp3) is 0.364. The molecule has 0 spiro atoms. The van der Waals surface area contributed by atoms with E-state index in [1.165, 1.54) is 12.1 Å². The summed E-state index contributed by atoms with van der Waals surface area (Å²) in [6.45, 7) is 2.35. The quantitative estimate of drug-likeness (QED) is 0.799. The molecule has 1 aromatic carbocycles. The number of thioether (sulfide) groups is 1. The molecule has 82 valence electrons. The molecule has 15 heavy (non-hydrogen) atoms. The predicted octanol–water partition coefficient (Wildman–Crippen LogP) is 2.23. The SMILES string of the molecule is CSCCNC(=O)c1ccc(C)cc1F. The monoisotopic (exact) mass is 227 g/mol. The molecular weight excluding hydrogens is 213 g/mol. The number of halogens is 1. The fourth-order valence-electron chi connectivity index (χ4n) is 1.17. The Morgan fingerprint density at radius 1 is 1.53 bits per heavy atom. The minimum absolute atomic E-state index is 0.113. The summed E-state index contributed by atoms with van der Waals surface area (Å²) in [6.07, 6.45) is 1.96. The summed E-state index contributed by atoms with van der Waals surface area (Å²) in [6, 6.07) is 4.61. The smallest absolute Gasteiger partial charge is 0.254 e. The van der Waals surface area contributed by atoms with Crippen LogP contribution in [0.5, 0.6) is 0 Å². The van der Waals surface area contributed by atoms with Crippen LogP contribution >= 0.6 is 11.8 Å². The summed E-state index contributed by atoms with van der Waals surface area (Å²) in [5.74, 6) is 0.0253. The lowest BCUT2D eigenvalue weighted by Crippen LogP contribution is -2.26. The van der Waals surface area contributed by atoms with E-state index < -0.39 is 5.82 Å². The molecule has 1 aromatic rings. The second-order valence-corrected chi connectivity index (χ2v) is 4.22. The Morgan fingerprint density at radius 3 is 2.87 bits per heavy atom. The van der Waals surface area contributed by atoms with E-state index in [1.807, 2.05) is 6.26 Å². The highest BCUT2D eigenvalue weighted by atomic mass is 32.2. The third kappa shape index (κ3) is 3.55. The second kappa shape index (κ2) is 5.75. The third-order valence-corrected chi connectivity index (χ3v) is 2.57. The molecule has 0 atom stereocenters. The van der Waals surface area contributed by atoms with Crippen LogP contribution in [0.25, 0.3) is 0 Å². The molecule has 0 aliphatic heterocycles. The Bertz CT molecular complexity index is 354. The van der Waals surface area contributed by atoms with Crippen molar-refractivity contribution < 1.29 is 9.18 Å². The molecule has 0 aliphatic carbocycles. The van der Waals surface area contributed by atoms with Crippen molar-refractivity contribution in [3.8, 4) is 0 Å². The lowest BCUT2D eigenvalue weighted by atomic mass is 10.1. The molecule has 0 saturated carbocycles. The van der Waals surface area contributed by atoms with Crippen molar-refractivity contribution in [2.75, 3.05) is 18.6 Å². The summed E-state index contributed by atoms with van der Waals surface area (Å²) < 4.78 is 13.3. The van der Waals surface area contributed by atoms with Gasteiger partial charge in [-0.15, -0.1) is 0 Å². The van der Waals surface area contributed by atoms with E-state index in [0.29, 0.717) is 6.54 Å². The molecule has 0 aromatic heterocycles. The van der Waals surface area contributed by atoms with Gasteiger partial charge in [0.2, 0.25) is 0 Å². The van der Waals surface area contributed by atoms with Gasteiger partial charge in [-0.1, -0.05) is 6.07 Å². The Morgan fingerprint density at radius 2 is 2.27 bits per heavy atom. The van der Waals surface area contributed by atoms with Crippen LogP contribution in [-0.2, 0) is 0 Å². The van der Waals surface area contributed by atoms with Gasteiger partial charge in [-0.3, -0.25) is 4.79 Å². The van der Waals surface area contributed by atoms with Crippen LogP contribution in [0.4, 0.5) is 4.39 Å². The van der Waals surface area contributed by atoms with Crippen LogP contribution in [-0.4, -0.2) is 24.5 Å². The Balaban J connectivity index is 2.65. The first-order valence-corrected chi connectivity index (χ1v) is 6.08. The van der Waals surface area contributed by atoms with Crippen LogP contribution in [0, 0.1) is 12.7 Å². The molecule has 0 fully saturated rings. The van der Waals surface area contributed by atoms with E-state index in [0.717, 1.165) is 11.3 Å². The van der Waals surface area contributed by atoms with Crippen LogP contribution in [0.2, 0.25) is 0 Å². The average Bonchev–Trinajstić information content (AvgIpc) is 2.17. The lowest BCUT2D eigenvalue weighted by molar-refractivity contribution is 0.0952. The zero-order valence-electron chi connectivity index (χ0n) is 8.84. The normalized spacial score (nSPS) is 10.1. The molecule has 0 bridgehead atoms. The summed E-state index contributed by atoms with van der Waals surface area (Å²) in [4.78, 5) is 11.5. The van der Waals surface area contributed by atoms with Crippen molar-refractivity contribution in [2.24, 2.45) is 0 Å². The molecular formula is C11H14FNOS. The van der Waals surface area contributed by atoms with Crippen LogP contribution in [0.15, 0.2) is 18.2 Å². The average molecular weight is 227 g/mol. The van der Waals surface area contributed by atoms with Gasteiger partial charge in [-0.25, -0.2) is 4.39 Å². The Hall–Kier alpha value is -1.03. The molecule has 2 nitrogen and oxygen atoms in total. The van der Waals surface area contributed by atoms with Crippen molar-refractivity contribution in [2.45, 2.75) is 6.92 Å². The topological polar surface area (TPSA) is 29.1 Å². The Kier molecular flexibility index (Phi) is 4.62. The van der Waals surface area contributed by atoms with Gasteiger partial charge in [0.25, 0.3) is 5.91 Å². The molecule has 0 unspecified atom stereocenters. The van der Waals surface area contributed by atoms with Gasteiger partial charge in [0, 0.05) is 12.3 Å². The van der Waals surface area contributed by atoms with E-state index in [2.05, 4.69) is 5.32 Å². The summed E-state index contributed by atoms with van der Waals surface area (Å²) >= 11 is 1.64. The van der Waals surface area contributed by atoms with E-state index in [1.54, 1.807) is 24.8 Å². The number of nitrogens with one attached hydrogen (secondary N) is 1. The number of benzene rings is 1. The maximum absolute atomic E-state index is 13.3. The first-order chi connectivity index (χ1) is 7.15. The van der Waals surface area contributed by atoms with Gasteiger partial charge < -0.3 is 5.32 Å². The third-order valence-electron chi connectivity index (χ3n) is 1.96. The molecule has 1 amide bonds. The van der Waals surface area contributed by atoms with E-state index >= 15 is 0 Å². The number of hydrogen-bond donors (Lipinski definition) is 1. The van der Waals surface area contributed by atoms with Crippen molar-refractivity contribution in [3.05, 3.63) is 35.1 Å². The fourth-order valence-corrected chi connectivity index (χ4v) is 1.47. The first-order valence-electron chi connectivity index (χ1n) is 4.68. The van der Waals surface area contributed by atoms with Crippen molar-refractivity contribution in [3.63, 3.8) is 0 Å². The highest BCUT2D eigenvalue weighted by Crippen LogP contribution is 2.09. The number of rotatable bonds is 4. The zero-order valence-corrected chi connectivity index (χ0v) is 9.66. The lowest BCUT2D eigenvalue weighted by Gasteiger charge is -2.05. The summed E-state index contributed by atoms with van der Waals surface area (Å²) in [5, 5.41) is 2.66. The van der Waals surface area contributed by atoms with Gasteiger partial charge in [0.15, 0.2) is 0 Å². The van der Waals surface area contributed by atoms with Gasteiger partial charge >= 0.3 is 0 Å². The zero-order chi connectivity index (χ0) is 11.3. The van der Waals surface area contributed by atoms with Crippen LogP contribution < -0.4 is 5.32 Å². The highest BCUT2D eigenvalue weighted by Gasteiger charge is 2.10. The Labute approximate surface area is 93.3 Å². The number of amides is 1. The standard InChI is InChI=1S/C11H14FNOS/c1-8-3-4-9(10(12)7-8)11(14)13-5-6-15-2/h3-4,7H,5-6H2,1-2H3,(H,13,14). The van der Waals surface area contributed by atoms with Crippen molar-refractivity contribution >= 4 is 17.7 Å². The summed E-state index contributed by atoms with van der Waals surface area (Å²) in [7, 11) is 0. The molecule has 0 heterocycles. The molecule has 1 rings (SSSR count). The van der Waals surface area contributed by atoms with Crippen LogP contribution in [0.1, 0.15) is 15.9 Å². The molecule has 0 radical (unpaired) electrons. The molecule has 0 saturated heterocycles. The maximum atomic E-state index is 13.3. The minimum Gasteiger partial charge on any atom is -0.351 e. The largest absolute Gasteiger partial charge is 0.351 e. The number of aryl methyl sites for hydroxylation is 1. The van der Waals surface area contributed by atoms with Gasteiger partial charge in [0.05, 0.1) is 5.56 Å². The predicted molar refractivity (Wildman–Crippen MR) is 61.9 cm³/mol. The summed E-state index contributed by atoms with van der Waals surface area (Å²) in [5.41, 5.74) is 0.926. The van der Waals surface area contributed by atoms with Crippen molar-refractivity contribution in [1.29, 1.82) is 0 Å². The first kappa shape index (κ1) is 12.0. The highest BCUT2D eigenvalue weighted by molar-refractivity contribution is 7.98. The maximum Gasteiger partial charge on any atom is 0.254 e. The second-order valence-electron chi connectivity index (χ2n) is 3.23. The molecule has 4 heteroatoms.